The van der Waals surface area contributed by atoms with Gasteiger partial charge in [-0.05, 0) is 19.1 Å². The summed E-state index contributed by atoms with van der Waals surface area (Å²) in [5.74, 6) is -0.166. The van der Waals surface area contributed by atoms with Crippen LogP contribution in [0.4, 0.5) is 0 Å². The van der Waals surface area contributed by atoms with Gasteiger partial charge in [0.15, 0.2) is 0 Å². The van der Waals surface area contributed by atoms with Gasteiger partial charge in [0.05, 0.1) is 6.20 Å². The predicted molar refractivity (Wildman–Crippen MR) is 43.9 cm³/mol. The van der Waals surface area contributed by atoms with E-state index in [9.17, 15) is 4.79 Å². The standard InChI is InChI=1S/C8H10N2O2/c1-2-9-8(12)7-4-3-6(11)5-10-7/h3-5,11H,2H2,1H3,(H,9,12). The van der Waals surface area contributed by atoms with Crippen LogP contribution < -0.4 is 5.32 Å². The van der Waals surface area contributed by atoms with Gasteiger partial charge in [0.2, 0.25) is 0 Å². The lowest BCUT2D eigenvalue weighted by Crippen LogP contribution is -2.23. The molecule has 1 heterocycles. The van der Waals surface area contributed by atoms with Crippen LogP contribution in [0.1, 0.15) is 17.4 Å². The maximum Gasteiger partial charge on any atom is 0.269 e. The Bertz CT molecular complexity index is 269. The van der Waals surface area contributed by atoms with Crippen molar-refractivity contribution in [3.8, 4) is 5.75 Å². The first-order valence-electron chi connectivity index (χ1n) is 3.67. The number of nitrogens with zero attached hydrogens (tertiary/aromatic N) is 1. The van der Waals surface area contributed by atoms with Crippen molar-refractivity contribution in [2.45, 2.75) is 6.92 Å². The van der Waals surface area contributed by atoms with Gasteiger partial charge in [0.25, 0.3) is 5.91 Å². The van der Waals surface area contributed by atoms with E-state index in [-0.39, 0.29) is 11.7 Å². The molecule has 0 aliphatic heterocycles. The van der Waals surface area contributed by atoms with E-state index in [0.29, 0.717) is 12.2 Å². The van der Waals surface area contributed by atoms with Gasteiger partial charge in [0.1, 0.15) is 11.4 Å². The van der Waals surface area contributed by atoms with Gasteiger partial charge in [-0.2, -0.15) is 0 Å². The van der Waals surface area contributed by atoms with Crippen LogP contribution in [0.3, 0.4) is 0 Å². The quantitative estimate of drug-likeness (QED) is 0.674. The summed E-state index contributed by atoms with van der Waals surface area (Å²) in [4.78, 5) is 14.8. The first-order valence-corrected chi connectivity index (χ1v) is 3.67. The zero-order chi connectivity index (χ0) is 8.97. The van der Waals surface area contributed by atoms with Gasteiger partial charge in [-0.25, -0.2) is 4.98 Å². The molecule has 2 N–H and O–H groups in total. The van der Waals surface area contributed by atoms with E-state index >= 15 is 0 Å². The number of hydrogen-bond donors (Lipinski definition) is 2. The fourth-order valence-electron chi connectivity index (χ4n) is 0.771. The highest BCUT2D eigenvalue weighted by Crippen LogP contribution is 2.05. The van der Waals surface area contributed by atoms with Crippen LogP contribution in [-0.2, 0) is 0 Å². The van der Waals surface area contributed by atoms with Crippen molar-refractivity contribution in [3.05, 3.63) is 24.0 Å². The molecule has 0 bridgehead atoms. The minimum atomic E-state index is -0.225. The Balaban J connectivity index is 2.75. The first-order chi connectivity index (χ1) is 5.74. The molecule has 1 aromatic heterocycles. The minimum absolute atomic E-state index is 0.0584. The number of pyridine rings is 1. The molecule has 0 aliphatic rings. The lowest BCUT2D eigenvalue weighted by Gasteiger charge is -1.99. The van der Waals surface area contributed by atoms with Crippen molar-refractivity contribution in [2.24, 2.45) is 0 Å². The molecule has 1 amide bonds. The molecular formula is C8H10N2O2. The van der Waals surface area contributed by atoms with Crippen LogP contribution in [0.25, 0.3) is 0 Å². The number of rotatable bonds is 2. The number of carbonyl (C=O) groups is 1. The van der Waals surface area contributed by atoms with Crippen LogP contribution in [0.5, 0.6) is 5.75 Å². The molecule has 1 rings (SSSR count). The topological polar surface area (TPSA) is 62.2 Å². The Kier molecular flexibility index (Phi) is 2.63. The van der Waals surface area contributed by atoms with Gasteiger partial charge in [0, 0.05) is 6.54 Å². The summed E-state index contributed by atoms with van der Waals surface area (Å²) in [7, 11) is 0. The highest BCUT2D eigenvalue weighted by atomic mass is 16.3. The molecule has 0 saturated heterocycles. The SMILES string of the molecule is CCNC(=O)c1ccc(O)cn1. The second kappa shape index (κ2) is 3.71. The van der Waals surface area contributed by atoms with E-state index < -0.39 is 0 Å². The molecule has 0 unspecified atom stereocenters. The van der Waals surface area contributed by atoms with Gasteiger partial charge in [-0.3, -0.25) is 4.79 Å². The largest absolute Gasteiger partial charge is 0.506 e. The zero-order valence-electron chi connectivity index (χ0n) is 6.74. The summed E-state index contributed by atoms with van der Waals surface area (Å²) in [6.07, 6.45) is 1.24. The maximum atomic E-state index is 11.1. The summed E-state index contributed by atoms with van der Waals surface area (Å²) in [6, 6.07) is 2.90. The van der Waals surface area contributed by atoms with E-state index in [0.717, 1.165) is 0 Å². The number of aromatic hydroxyl groups is 1. The van der Waals surface area contributed by atoms with E-state index in [2.05, 4.69) is 10.3 Å². The molecule has 0 spiro atoms. The fraction of sp³-hybridized carbons (Fsp3) is 0.250. The average Bonchev–Trinajstić information content (AvgIpc) is 2.06. The van der Waals surface area contributed by atoms with E-state index in [4.69, 9.17) is 5.11 Å². The van der Waals surface area contributed by atoms with Crippen molar-refractivity contribution >= 4 is 5.91 Å². The van der Waals surface area contributed by atoms with E-state index in [1.165, 1.54) is 18.3 Å². The summed E-state index contributed by atoms with van der Waals surface area (Å²) < 4.78 is 0. The number of nitrogens with one attached hydrogen (secondary N) is 1. The summed E-state index contributed by atoms with van der Waals surface area (Å²) in [5.41, 5.74) is 0.314. The van der Waals surface area contributed by atoms with Crippen LogP contribution in [0, 0.1) is 0 Å². The molecular weight excluding hydrogens is 156 g/mol. The lowest BCUT2D eigenvalue weighted by molar-refractivity contribution is 0.0951. The Labute approximate surface area is 70.3 Å². The summed E-state index contributed by atoms with van der Waals surface area (Å²) in [6.45, 7) is 2.40. The van der Waals surface area contributed by atoms with E-state index in [1.807, 2.05) is 6.92 Å². The monoisotopic (exact) mass is 166 g/mol. The normalized spacial score (nSPS) is 9.42. The third kappa shape index (κ3) is 1.95. The molecule has 0 saturated carbocycles. The Morgan fingerprint density at radius 3 is 2.92 bits per heavy atom. The molecule has 4 nitrogen and oxygen atoms in total. The summed E-state index contributed by atoms with van der Waals surface area (Å²) >= 11 is 0. The highest BCUT2D eigenvalue weighted by Gasteiger charge is 2.03. The molecule has 1 aromatic rings. The number of amides is 1. The molecule has 0 fully saturated rings. The molecule has 0 aromatic carbocycles. The molecule has 0 radical (unpaired) electrons. The first kappa shape index (κ1) is 8.52. The predicted octanol–water partition coefficient (Wildman–Crippen LogP) is 0.537. The minimum Gasteiger partial charge on any atom is -0.506 e. The van der Waals surface area contributed by atoms with Gasteiger partial charge in [-0.15, -0.1) is 0 Å². The third-order valence-electron chi connectivity index (χ3n) is 1.32. The summed E-state index contributed by atoms with van der Waals surface area (Å²) in [5, 5.41) is 11.5. The molecule has 0 atom stereocenters. The highest BCUT2D eigenvalue weighted by molar-refractivity contribution is 5.92. The number of aromatic nitrogens is 1. The Morgan fingerprint density at radius 1 is 1.67 bits per heavy atom. The van der Waals surface area contributed by atoms with Crippen LogP contribution in [0.15, 0.2) is 18.3 Å². The van der Waals surface area contributed by atoms with Crippen molar-refractivity contribution in [1.29, 1.82) is 0 Å². The lowest BCUT2D eigenvalue weighted by atomic mass is 10.3. The molecule has 0 aliphatic carbocycles. The zero-order valence-corrected chi connectivity index (χ0v) is 6.74. The third-order valence-corrected chi connectivity index (χ3v) is 1.32. The second-order valence-corrected chi connectivity index (χ2v) is 2.26. The Hall–Kier alpha value is -1.58. The molecule has 12 heavy (non-hydrogen) atoms. The van der Waals surface area contributed by atoms with Crippen LogP contribution in [0.2, 0.25) is 0 Å². The average molecular weight is 166 g/mol. The molecule has 4 heteroatoms. The van der Waals surface area contributed by atoms with Crippen LogP contribution >= 0.6 is 0 Å². The van der Waals surface area contributed by atoms with Gasteiger partial charge < -0.3 is 10.4 Å². The number of hydrogen-bond acceptors (Lipinski definition) is 3. The van der Waals surface area contributed by atoms with Crippen molar-refractivity contribution < 1.29 is 9.90 Å². The fourth-order valence-corrected chi connectivity index (χ4v) is 0.771. The van der Waals surface area contributed by atoms with Gasteiger partial charge in [-0.1, -0.05) is 0 Å². The smallest absolute Gasteiger partial charge is 0.269 e. The van der Waals surface area contributed by atoms with Crippen molar-refractivity contribution in [1.82, 2.24) is 10.3 Å². The maximum absolute atomic E-state index is 11.1. The molecule has 64 valence electrons. The Morgan fingerprint density at radius 2 is 2.42 bits per heavy atom. The van der Waals surface area contributed by atoms with Crippen LogP contribution in [-0.4, -0.2) is 22.5 Å². The van der Waals surface area contributed by atoms with E-state index in [1.54, 1.807) is 0 Å². The second-order valence-electron chi connectivity index (χ2n) is 2.26. The number of carbonyl (C=O) groups excluding carboxylic acids is 1. The van der Waals surface area contributed by atoms with Gasteiger partial charge >= 0.3 is 0 Å². The van der Waals surface area contributed by atoms with Crippen molar-refractivity contribution in [2.75, 3.05) is 6.54 Å². The van der Waals surface area contributed by atoms with Crippen molar-refractivity contribution in [3.63, 3.8) is 0 Å².